The molecule has 108 valence electrons. The van der Waals surface area contributed by atoms with Crippen LogP contribution in [-0.4, -0.2) is 30.9 Å². The van der Waals surface area contributed by atoms with Gasteiger partial charge in [0, 0.05) is 6.92 Å². The molecule has 0 amide bonds. The molecule has 0 aliphatic heterocycles. The van der Waals surface area contributed by atoms with Crippen LogP contribution < -0.4 is 11.1 Å². The molecule has 0 unspecified atom stereocenters. The minimum atomic E-state index is -4.13. The van der Waals surface area contributed by atoms with E-state index in [9.17, 15) is 22.4 Å². The summed E-state index contributed by atoms with van der Waals surface area (Å²) in [5, 5.41) is 2.44. The van der Waals surface area contributed by atoms with Gasteiger partial charge >= 0.3 is 12.3 Å². The highest BCUT2D eigenvalue weighted by Gasteiger charge is 2.40. The summed E-state index contributed by atoms with van der Waals surface area (Å²) in [5.74, 6) is -4.43. The number of thiophene rings is 1. The first-order chi connectivity index (χ1) is 8.70. The summed E-state index contributed by atoms with van der Waals surface area (Å²) in [6.45, 7) is 0.0827. The van der Waals surface area contributed by atoms with Crippen LogP contribution in [-0.2, 0) is 0 Å². The Morgan fingerprint density at radius 3 is 2.53 bits per heavy atom. The lowest BCUT2D eigenvalue weighted by Gasteiger charge is -2.16. The summed E-state index contributed by atoms with van der Waals surface area (Å²) in [5.41, 5.74) is 5.90. The summed E-state index contributed by atoms with van der Waals surface area (Å²) >= 11 is 2.04. The van der Waals surface area contributed by atoms with Crippen LogP contribution >= 0.6 is 23.1 Å². The van der Waals surface area contributed by atoms with Crippen LogP contribution in [0.4, 0.5) is 28.3 Å². The largest absolute Gasteiger partial charge is 0.396 e. The molecule has 1 aromatic rings. The van der Waals surface area contributed by atoms with Crippen molar-refractivity contribution in [2.24, 2.45) is 0 Å². The molecule has 1 aromatic heterocycles. The number of hydrogen-bond donors (Lipinski definition) is 2. The van der Waals surface area contributed by atoms with Crippen molar-refractivity contribution in [2.75, 3.05) is 23.9 Å². The van der Waals surface area contributed by atoms with Gasteiger partial charge in [-0.2, -0.15) is 8.78 Å². The van der Waals surface area contributed by atoms with E-state index in [4.69, 9.17) is 5.73 Å². The maximum absolute atomic E-state index is 12.8. The molecule has 9 heteroatoms. The summed E-state index contributed by atoms with van der Waals surface area (Å²) in [6, 6.07) is 0. The number of thioether (sulfide) groups is 1. The Kier molecular flexibility index (Phi) is 5.08. The zero-order valence-electron chi connectivity index (χ0n) is 10.1. The minimum Gasteiger partial charge on any atom is -0.396 e. The van der Waals surface area contributed by atoms with Gasteiger partial charge in [0.25, 0.3) is 0 Å². The van der Waals surface area contributed by atoms with E-state index in [1.165, 1.54) is 6.92 Å². The van der Waals surface area contributed by atoms with Crippen molar-refractivity contribution in [3.8, 4) is 0 Å². The third-order valence-corrected chi connectivity index (χ3v) is 4.45. The zero-order valence-corrected chi connectivity index (χ0v) is 11.7. The van der Waals surface area contributed by atoms with E-state index in [0.29, 0.717) is 4.90 Å². The topological polar surface area (TPSA) is 55.1 Å². The lowest BCUT2D eigenvalue weighted by atomic mass is 10.3. The molecule has 0 aromatic carbocycles. The van der Waals surface area contributed by atoms with Crippen LogP contribution in [0.1, 0.15) is 16.6 Å². The lowest BCUT2D eigenvalue weighted by Crippen LogP contribution is -2.34. The van der Waals surface area contributed by atoms with Crippen molar-refractivity contribution in [3.05, 3.63) is 4.88 Å². The van der Waals surface area contributed by atoms with Crippen molar-refractivity contribution in [1.29, 1.82) is 0 Å². The number of Topliss-reactive ketones (excluding diaryl/α,β-unsaturated/α-hetero) is 1. The van der Waals surface area contributed by atoms with Crippen LogP contribution in [0.2, 0.25) is 0 Å². The predicted octanol–water partition coefficient (Wildman–Crippen LogP) is 3.57. The number of rotatable bonds is 6. The number of nitrogens with two attached hydrogens (primary N) is 1. The fourth-order valence-corrected chi connectivity index (χ4v) is 3.21. The smallest absolute Gasteiger partial charge is 0.324 e. The van der Waals surface area contributed by atoms with E-state index in [1.54, 1.807) is 6.26 Å². The Morgan fingerprint density at radius 2 is 2.11 bits per heavy atom. The number of carbonyl (C=O) groups excluding carboxylic acids is 1. The van der Waals surface area contributed by atoms with Gasteiger partial charge in [0.15, 0.2) is 5.78 Å². The summed E-state index contributed by atoms with van der Waals surface area (Å²) < 4.78 is 49.7. The molecule has 1 heterocycles. The van der Waals surface area contributed by atoms with E-state index in [1.807, 2.05) is 0 Å². The van der Waals surface area contributed by atoms with Gasteiger partial charge in [-0.05, 0) is 6.26 Å². The van der Waals surface area contributed by atoms with Crippen LogP contribution in [0, 0.1) is 0 Å². The average molecular weight is 316 g/mol. The molecular weight excluding hydrogens is 304 g/mol. The highest BCUT2D eigenvalue weighted by atomic mass is 32.2. The van der Waals surface area contributed by atoms with Gasteiger partial charge in [0.2, 0.25) is 0 Å². The molecule has 0 saturated heterocycles. The number of nitrogen functional groups attached to an aromatic ring is 1. The van der Waals surface area contributed by atoms with E-state index >= 15 is 0 Å². The minimum absolute atomic E-state index is 0.188. The Morgan fingerprint density at radius 1 is 1.53 bits per heavy atom. The number of alkyl halides is 4. The molecule has 0 spiro atoms. The van der Waals surface area contributed by atoms with Crippen molar-refractivity contribution in [2.45, 2.75) is 24.2 Å². The Bertz CT molecular complexity index is 476. The maximum atomic E-state index is 12.8. The number of carbonyl (C=O) groups is 1. The third-order valence-electron chi connectivity index (χ3n) is 2.23. The quantitative estimate of drug-likeness (QED) is 0.478. The fourth-order valence-electron chi connectivity index (χ4n) is 1.28. The van der Waals surface area contributed by atoms with E-state index in [2.05, 4.69) is 5.32 Å². The molecule has 3 N–H and O–H groups in total. The molecule has 0 saturated carbocycles. The monoisotopic (exact) mass is 316 g/mol. The Hall–Kier alpha value is -0.960. The SMILES string of the molecule is CSc1c(NCC(F)(F)C(F)F)sc(C(C)=O)c1N. The molecule has 3 nitrogen and oxygen atoms in total. The highest BCUT2D eigenvalue weighted by molar-refractivity contribution is 7.99. The number of anilines is 2. The number of nitrogens with one attached hydrogen (secondary N) is 1. The first-order valence-electron chi connectivity index (χ1n) is 5.07. The van der Waals surface area contributed by atoms with Gasteiger partial charge in [-0.3, -0.25) is 4.79 Å². The third kappa shape index (κ3) is 3.53. The molecule has 0 aliphatic carbocycles. The van der Waals surface area contributed by atoms with E-state index < -0.39 is 18.9 Å². The van der Waals surface area contributed by atoms with Gasteiger partial charge < -0.3 is 11.1 Å². The first-order valence-corrected chi connectivity index (χ1v) is 7.11. The molecule has 0 atom stereocenters. The van der Waals surface area contributed by atoms with Crippen molar-refractivity contribution >= 4 is 39.6 Å². The second kappa shape index (κ2) is 6.00. The van der Waals surface area contributed by atoms with E-state index in [-0.39, 0.29) is 21.3 Å². The summed E-state index contributed by atoms with van der Waals surface area (Å²) in [6.07, 6.45) is -2.10. The number of halogens is 4. The van der Waals surface area contributed by atoms with Crippen LogP contribution in [0.3, 0.4) is 0 Å². The molecular formula is C10H12F4N2OS2. The molecule has 0 bridgehead atoms. The Balaban J connectivity index is 2.96. The summed E-state index contributed by atoms with van der Waals surface area (Å²) in [7, 11) is 0. The fraction of sp³-hybridized carbons (Fsp3) is 0.500. The van der Waals surface area contributed by atoms with Crippen molar-refractivity contribution in [1.82, 2.24) is 0 Å². The molecule has 0 fully saturated rings. The van der Waals surface area contributed by atoms with Gasteiger partial charge in [-0.15, -0.1) is 23.1 Å². The summed E-state index contributed by atoms with van der Waals surface area (Å²) in [4.78, 5) is 11.9. The lowest BCUT2D eigenvalue weighted by molar-refractivity contribution is -0.117. The number of ketones is 1. The molecule has 1 rings (SSSR count). The van der Waals surface area contributed by atoms with Crippen molar-refractivity contribution in [3.63, 3.8) is 0 Å². The van der Waals surface area contributed by atoms with Gasteiger partial charge in [0.05, 0.1) is 22.0 Å². The normalized spacial score (nSPS) is 11.9. The molecule has 19 heavy (non-hydrogen) atoms. The standard InChI is InChI=1S/C10H12F4N2OS2/c1-4(17)6-5(15)7(18-2)8(19-6)16-3-10(13,14)9(11)12/h9,16H,3,15H2,1-2H3. The van der Waals surface area contributed by atoms with Gasteiger partial charge in [-0.1, -0.05) is 0 Å². The first kappa shape index (κ1) is 16.1. The maximum Gasteiger partial charge on any atom is 0.324 e. The molecule has 0 aliphatic rings. The van der Waals surface area contributed by atoms with Crippen LogP contribution in [0.25, 0.3) is 0 Å². The van der Waals surface area contributed by atoms with Crippen molar-refractivity contribution < 1.29 is 22.4 Å². The van der Waals surface area contributed by atoms with Crippen LogP contribution in [0.5, 0.6) is 0 Å². The highest BCUT2D eigenvalue weighted by Crippen LogP contribution is 2.42. The average Bonchev–Trinajstić information content (AvgIpc) is 2.63. The van der Waals surface area contributed by atoms with Crippen LogP contribution in [0.15, 0.2) is 4.90 Å². The zero-order chi connectivity index (χ0) is 14.8. The second-order valence-electron chi connectivity index (χ2n) is 3.68. The Labute approximate surface area is 115 Å². The van der Waals surface area contributed by atoms with E-state index in [0.717, 1.165) is 23.1 Å². The van der Waals surface area contributed by atoms with Gasteiger partial charge in [0.1, 0.15) is 5.00 Å². The predicted molar refractivity (Wildman–Crippen MR) is 70.0 cm³/mol. The second-order valence-corrected chi connectivity index (χ2v) is 5.52. The van der Waals surface area contributed by atoms with Gasteiger partial charge in [-0.25, -0.2) is 8.78 Å². The number of hydrogen-bond acceptors (Lipinski definition) is 5. The molecule has 0 radical (unpaired) electrons.